The van der Waals surface area contributed by atoms with Gasteiger partial charge in [-0.25, -0.2) is 0 Å². The van der Waals surface area contributed by atoms with Gasteiger partial charge in [-0.05, 0) is 180 Å². The van der Waals surface area contributed by atoms with Crippen LogP contribution in [0.1, 0.15) is 0 Å². The minimum Gasteiger partial charge on any atom is -0.456 e. The summed E-state index contributed by atoms with van der Waals surface area (Å²) in [7, 11) is 0. The zero-order chi connectivity index (χ0) is 56.2. The molecule has 0 atom stereocenters. The SMILES string of the molecule is c1ccc(N2c3ccccc3Oc3ccc(N(c4ccc(-c5cc(N(c6ccccc6)c6ccccc6)c6c(c5)sc5cccc(N(c7ccccc7)c7ccccc7)c56)cc4)c4ccc(-c5ccc6oc7ccccc7c6c5)cc4)cc32)cc1. The second-order valence-corrected chi connectivity index (χ2v) is 22.3. The lowest BCUT2D eigenvalue weighted by Gasteiger charge is -2.34. The molecule has 2 aromatic heterocycles. The monoisotopic (exact) mass is 1110 g/mol. The van der Waals surface area contributed by atoms with E-state index in [2.05, 4.69) is 311 Å². The maximum Gasteiger partial charge on any atom is 0.151 e. The number of rotatable bonds is 12. The Bertz CT molecular complexity index is 4840. The molecular weight excluding hydrogens is 1060 g/mol. The van der Waals surface area contributed by atoms with E-state index < -0.39 is 0 Å². The Labute approximate surface area is 496 Å². The highest BCUT2D eigenvalue weighted by Crippen LogP contribution is 2.54. The maximum atomic E-state index is 6.68. The van der Waals surface area contributed by atoms with E-state index in [1.165, 1.54) is 20.2 Å². The fourth-order valence-electron chi connectivity index (χ4n) is 12.3. The number of ether oxygens (including phenoxy) is 1. The molecule has 3 heterocycles. The van der Waals surface area contributed by atoms with Gasteiger partial charge in [-0.2, -0.15) is 0 Å². The van der Waals surface area contributed by atoms with Crippen molar-refractivity contribution in [2.75, 3.05) is 19.6 Å². The molecule has 0 radical (unpaired) electrons. The molecular formula is C78H52N4O2S. The largest absolute Gasteiger partial charge is 0.456 e. The molecule has 7 heteroatoms. The normalized spacial score (nSPS) is 11.8. The van der Waals surface area contributed by atoms with Crippen molar-refractivity contribution in [3.63, 3.8) is 0 Å². The van der Waals surface area contributed by atoms with E-state index in [0.717, 1.165) is 124 Å². The molecule has 0 amide bonds. The van der Waals surface area contributed by atoms with Crippen LogP contribution in [0.4, 0.5) is 68.2 Å². The van der Waals surface area contributed by atoms with Gasteiger partial charge in [0.15, 0.2) is 11.5 Å². The number of nitrogens with zero attached hydrogens (tertiary/aromatic N) is 4. The zero-order valence-corrected chi connectivity index (χ0v) is 46.9. The van der Waals surface area contributed by atoms with E-state index >= 15 is 0 Å². The standard InChI is InChI=1S/C78H52N4O2S/c1-6-21-57(22-7-1)80(58-23-8-2-9-24-58)68-33-20-36-75-77(68)78-70(81(59-25-10-3-11-26-59)60-27-12-4-13-28-60)50-56(51-76(78)85-75)54-39-44-63(45-40-54)79(62-42-37-53(38-43-62)55-41-47-72-66(49-55)65-31-16-18-34-71(65)83-72)64-46-48-74-69(52-64)82(61-29-14-5-15-30-61)67-32-17-19-35-73(67)84-74/h1-52H. The number of para-hydroxylation sites is 8. The molecule has 0 spiro atoms. The van der Waals surface area contributed by atoms with Crippen molar-refractivity contribution in [3.8, 4) is 33.8 Å². The van der Waals surface area contributed by atoms with Gasteiger partial charge >= 0.3 is 0 Å². The van der Waals surface area contributed by atoms with Gasteiger partial charge in [0.1, 0.15) is 11.2 Å². The predicted molar refractivity (Wildman–Crippen MR) is 356 cm³/mol. The lowest BCUT2D eigenvalue weighted by molar-refractivity contribution is 0.477. The summed E-state index contributed by atoms with van der Waals surface area (Å²) in [6.45, 7) is 0. The van der Waals surface area contributed by atoms with E-state index in [4.69, 9.17) is 9.15 Å². The van der Waals surface area contributed by atoms with Crippen molar-refractivity contribution in [1.82, 2.24) is 0 Å². The summed E-state index contributed by atoms with van der Waals surface area (Å²) >= 11 is 1.84. The van der Waals surface area contributed by atoms with E-state index in [1.807, 2.05) is 35.6 Å². The molecule has 0 saturated heterocycles. The molecule has 0 bridgehead atoms. The van der Waals surface area contributed by atoms with E-state index in [-0.39, 0.29) is 0 Å². The Hall–Kier alpha value is -11.1. The van der Waals surface area contributed by atoms with E-state index in [0.29, 0.717) is 0 Å². The van der Waals surface area contributed by atoms with Crippen molar-refractivity contribution in [1.29, 1.82) is 0 Å². The highest BCUT2D eigenvalue weighted by atomic mass is 32.1. The second kappa shape index (κ2) is 21.0. The molecule has 6 nitrogen and oxygen atoms in total. The second-order valence-electron chi connectivity index (χ2n) is 21.3. The molecule has 1 aliphatic heterocycles. The van der Waals surface area contributed by atoms with Gasteiger partial charge < -0.3 is 28.8 Å². The van der Waals surface area contributed by atoms with Gasteiger partial charge in [-0.3, -0.25) is 0 Å². The number of fused-ring (bicyclic) bond motifs is 8. The first kappa shape index (κ1) is 49.7. The van der Waals surface area contributed by atoms with E-state index in [9.17, 15) is 0 Å². The fourth-order valence-corrected chi connectivity index (χ4v) is 13.5. The summed E-state index contributed by atoms with van der Waals surface area (Å²) in [5.74, 6) is 1.59. The van der Waals surface area contributed by atoms with Gasteiger partial charge in [-0.1, -0.05) is 158 Å². The topological polar surface area (TPSA) is 35.3 Å². The Kier molecular flexibility index (Phi) is 12.3. The van der Waals surface area contributed by atoms with Crippen LogP contribution >= 0.6 is 11.3 Å². The lowest BCUT2D eigenvalue weighted by atomic mass is 9.99. The number of benzene rings is 13. The first-order valence-corrected chi connectivity index (χ1v) is 29.5. The third-order valence-electron chi connectivity index (χ3n) is 16.2. The summed E-state index contributed by atoms with van der Waals surface area (Å²) in [5.41, 5.74) is 18.8. The molecule has 0 fully saturated rings. The summed E-state index contributed by atoms with van der Waals surface area (Å²) in [4.78, 5) is 9.48. The molecule has 0 aliphatic carbocycles. The van der Waals surface area contributed by atoms with Crippen LogP contribution in [0.3, 0.4) is 0 Å². The third-order valence-corrected chi connectivity index (χ3v) is 17.3. The molecule has 402 valence electrons. The highest BCUT2D eigenvalue weighted by molar-refractivity contribution is 7.26. The maximum absolute atomic E-state index is 6.68. The Morgan fingerprint density at radius 3 is 1.42 bits per heavy atom. The van der Waals surface area contributed by atoms with Gasteiger partial charge in [0.2, 0.25) is 0 Å². The molecule has 0 unspecified atom stereocenters. The molecule has 0 N–H and O–H groups in total. The first-order chi connectivity index (χ1) is 42.1. The average molecular weight is 1110 g/mol. The molecule has 15 aromatic rings. The van der Waals surface area contributed by atoms with Crippen molar-refractivity contribution in [2.24, 2.45) is 0 Å². The summed E-state index contributed by atoms with van der Waals surface area (Å²) < 4.78 is 15.3. The van der Waals surface area contributed by atoms with Gasteiger partial charge in [0, 0.05) is 76.4 Å². The van der Waals surface area contributed by atoms with Crippen LogP contribution in [0.2, 0.25) is 0 Å². The quantitative estimate of drug-likeness (QED) is 0.121. The predicted octanol–water partition coefficient (Wildman–Crippen LogP) is 23.3. The molecule has 16 rings (SSSR count). The highest BCUT2D eigenvalue weighted by Gasteiger charge is 2.29. The van der Waals surface area contributed by atoms with Crippen LogP contribution < -0.4 is 24.3 Å². The summed E-state index contributed by atoms with van der Waals surface area (Å²) in [6.07, 6.45) is 0. The number of hydrogen-bond acceptors (Lipinski definition) is 7. The van der Waals surface area contributed by atoms with Gasteiger partial charge in [-0.15, -0.1) is 11.3 Å². The zero-order valence-electron chi connectivity index (χ0n) is 46.0. The van der Waals surface area contributed by atoms with Gasteiger partial charge in [0.05, 0.1) is 22.7 Å². The Morgan fingerprint density at radius 1 is 0.282 bits per heavy atom. The van der Waals surface area contributed by atoms with Crippen LogP contribution in [-0.2, 0) is 0 Å². The third kappa shape index (κ3) is 8.90. The van der Waals surface area contributed by atoms with Crippen molar-refractivity contribution >= 4 is 122 Å². The van der Waals surface area contributed by atoms with Crippen molar-refractivity contribution in [2.45, 2.75) is 0 Å². The minimum absolute atomic E-state index is 0.784. The Balaban J connectivity index is 0.861. The first-order valence-electron chi connectivity index (χ1n) is 28.6. The van der Waals surface area contributed by atoms with Crippen LogP contribution in [0.5, 0.6) is 11.5 Å². The van der Waals surface area contributed by atoms with Crippen LogP contribution in [-0.4, -0.2) is 0 Å². The fraction of sp³-hybridized carbons (Fsp3) is 0. The number of anilines is 12. The van der Waals surface area contributed by atoms with E-state index in [1.54, 1.807) is 0 Å². The van der Waals surface area contributed by atoms with Crippen LogP contribution in [0.15, 0.2) is 320 Å². The lowest BCUT2D eigenvalue weighted by Crippen LogP contribution is -2.17. The van der Waals surface area contributed by atoms with Crippen LogP contribution in [0.25, 0.3) is 64.4 Å². The Morgan fingerprint density at radius 2 is 0.776 bits per heavy atom. The van der Waals surface area contributed by atoms with Gasteiger partial charge in [0.25, 0.3) is 0 Å². The number of thiophene rings is 1. The summed E-state index contributed by atoms with van der Waals surface area (Å²) in [6, 6.07) is 113. The average Bonchev–Trinajstić information content (AvgIpc) is 2.33. The smallest absolute Gasteiger partial charge is 0.151 e. The number of furan rings is 1. The molecule has 0 saturated carbocycles. The summed E-state index contributed by atoms with van der Waals surface area (Å²) in [5, 5.41) is 4.61. The molecule has 85 heavy (non-hydrogen) atoms. The van der Waals surface area contributed by atoms with Crippen molar-refractivity contribution < 1.29 is 9.15 Å². The number of hydrogen-bond donors (Lipinski definition) is 0. The molecule has 1 aliphatic rings. The minimum atomic E-state index is 0.784. The molecule has 13 aromatic carbocycles. The van der Waals surface area contributed by atoms with Crippen LogP contribution in [0, 0.1) is 0 Å². The van der Waals surface area contributed by atoms with Crippen molar-refractivity contribution in [3.05, 3.63) is 315 Å².